The van der Waals surface area contributed by atoms with Gasteiger partial charge in [0.1, 0.15) is 16.5 Å². The first-order valence-electron chi connectivity index (χ1n) is 9.97. The van der Waals surface area contributed by atoms with Gasteiger partial charge >= 0.3 is 10.1 Å². The third-order valence-electron chi connectivity index (χ3n) is 4.68. The molecule has 6 nitrogen and oxygen atoms in total. The van der Waals surface area contributed by atoms with Crippen molar-refractivity contribution in [3.63, 3.8) is 0 Å². The van der Waals surface area contributed by atoms with Crippen LogP contribution in [0.5, 0.6) is 5.75 Å². The summed E-state index contributed by atoms with van der Waals surface area (Å²) in [4.78, 5) is 17.5. The monoisotopic (exact) mass is 476 g/mol. The third-order valence-corrected chi connectivity index (χ3v) is 6.82. The number of amides is 1. The lowest BCUT2D eigenvalue weighted by molar-refractivity contribution is -0.131. The first-order chi connectivity index (χ1) is 15.2. The molecule has 9 heteroatoms. The fraction of sp³-hybridized carbons (Fsp3) is 0.261. The highest BCUT2D eigenvalue weighted by Gasteiger charge is 2.18. The third kappa shape index (κ3) is 6.88. The summed E-state index contributed by atoms with van der Waals surface area (Å²) in [5.41, 5.74) is 0.856. The van der Waals surface area contributed by atoms with Crippen molar-refractivity contribution in [2.75, 3.05) is 27.2 Å². The summed E-state index contributed by atoms with van der Waals surface area (Å²) >= 11 is 1.55. The Bertz CT molecular complexity index is 1110. The minimum Gasteiger partial charge on any atom is -0.379 e. The molecule has 3 aromatic rings. The van der Waals surface area contributed by atoms with E-state index in [1.165, 1.54) is 0 Å². The van der Waals surface area contributed by atoms with Crippen LogP contribution in [0.2, 0.25) is 0 Å². The average Bonchev–Trinajstić information content (AvgIpc) is 3.25. The SMILES string of the molecule is CN(C)CCN(Cc1ccc(OS(=O)(=O)c2ccc(F)cc2)cc1)C(=O)Cc1cccs1. The van der Waals surface area contributed by atoms with Gasteiger partial charge in [-0.25, -0.2) is 4.39 Å². The number of thiophene rings is 1. The van der Waals surface area contributed by atoms with E-state index < -0.39 is 15.9 Å². The summed E-state index contributed by atoms with van der Waals surface area (Å²) in [6, 6.07) is 14.9. The van der Waals surface area contributed by atoms with Crippen LogP contribution in [0.25, 0.3) is 0 Å². The first kappa shape index (κ1) is 23.9. The van der Waals surface area contributed by atoms with Crippen LogP contribution in [-0.2, 0) is 27.9 Å². The molecule has 1 heterocycles. The Morgan fingerprint density at radius 1 is 1.00 bits per heavy atom. The lowest BCUT2D eigenvalue weighted by atomic mass is 10.2. The van der Waals surface area contributed by atoms with E-state index in [-0.39, 0.29) is 16.6 Å². The summed E-state index contributed by atoms with van der Waals surface area (Å²) in [5, 5.41) is 1.95. The van der Waals surface area contributed by atoms with Crippen molar-refractivity contribution in [2.24, 2.45) is 0 Å². The van der Waals surface area contributed by atoms with E-state index in [4.69, 9.17) is 4.18 Å². The number of halogens is 1. The summed E-state index contributed by atoms with van der Waals surface area (Å²) < 4.78 is 42.9. The van der Waals surface area contributed by atoms with Gasteiger partial charge in [-0.15, -0.1) is 11.3 Å². The van der Waals surface area contributed by atoms with Crippen molar-refractivity contribution in [2.45, 2.75) is 17.9 Å². The van der Waals surface area contributed by atoms with Gasteiger partial charge in [-0.1, -0.05) is 18.2 Å². The van der Waals surface area contributed by atoms with Gasteiger partial charge in [0.15, 0.2) is 0 Å². The number of benzene rings is 2. The Balaban J connectivity index is 1.68. The van der Waals surface area contributed by atoms with Crippen LogP contribution < -0.4 is 4.18 Å². The zero-order valence-electron chi connectivity index (χ0n) is 17.9. The predicted molar refractivity (Wildman–Crippen MR) is 123 cm³/mol. The Morgan fingerprint density at radius 3 is 2.28 bits per heavy atom. The smallest absolute Gasteiger partial charge is 0.339 e. The number of nitrogens with zero attached hydrogens (tertiary/aromatic N) is 2. The summed E-state index contributed by atoms with van der Waals surface area (Å²) in [5.74, 6) is -0.350. The molecule has 3 rings (SSSR count). The highest BCUT2D eigenvalue weighted by Crippen LogP contribution is 2.20. The zero-order valence-corrected chi connectivity index (χ0v) is 19.5. The van der Waals surface area contributed by atoms with Crippen LogP contribution in [0.15, 0.2) is 70.9 Å². The zero-order chi connectivity index (χ0) is 23.1. The summed E-state index contributed by atoms with van der Waals surface area (Å²) in [7, 11) is -0.154. The van der Waals surface area contributed by atoms with Gasteiger partial charge in [-0.05, 0) is 67.5 Å². The number of likely N-dealkylation sites (N-methyl/N-ethyl adjacent to an activating group) is 1. The molecular weight excluding hydrogens is 451 g/mol. The lowest BCUT2D eigenvalue weighted by Crippen LogP contribution is -2.37. The summed E-state index contributed by atoms with van der Waals surface area (Å²) in [6.07, 6.45) is 0.349. The molecule has 0 N–H and O–H groups in total. The normalized spacial score (nSPS) is 11.5. The molecule has 32 heavy (non-hydrogen) atoms. The largest absolute Gasteiger partial charge is 0.379 e. The van der Waals surface area contributed by atoms with Crippen molar-refractivity contribution in [3.8, 4) is 5.75 Å². The van der Waals surface area contributed by atoms with E-state index in [1.807, 2.05) is 36.5 Å². The molecule has 2 aromatic carbocycles. The van der Waals surface area contributed by atoms with E-state index in [1.54, 1.807) is 40.5 Å². The van der Waals surface area contributed by atoms with E-state index in [0.29, 0.717) is 19.5 Å². The minimum absolute atomic E-state index is 0.0357. The first-order valence-corrected chi connectivity index (χ1v) is 12.3. The predicted octanol–water partition coefficient (Wildman–Crippen LogP) is 3.79. The van der Waals surface area contributed by atoms with Crippen LogP contribution in [0.1, 0.15) is 10.4 Å². The van der Waals surface area contributed by atoms with Gasteiger partial charge in [0.25, 0.3) is 0 Å². The van der Waals surface area contributed by atoms with Crippen molar-refractivity contribution in [3.05, 3.63) is 82.3 Å². The number of hydrogen-bond acceptors (Lipinski definition) is 6. The van der Waals surface area contributed by atoms with Crippen molar-refractivity contribution in [1.29, 1.82) is 0 Å². The Hall–Kier alpha value is -2.75. The summed E-state index contributed by atoms with van der Waals surface area (Å²) in [6.45, 7) is 1.71. The van der Waals surface area contributed by atoms with Gasteiger partial charge in [-0.2, -0.15) is 8.42 Å². The lowest BCUT2D eigenvalue weighted by Gasteiger charge is -2.24. The highest BCUT2D eigenvalue weighted by atomic mass is 32.2. The molecule has 0 bridgehead atoms. The van der Waals surface area contributed by atoms with Gasteiger partial charge < -0.3 is 14.0 Å². The molecule has 1 aromatic heterocycles. The molecule has 0 radical (unpaired) electrons. The van der Waals surface area contributed by atoms with Gasteiger partial charge in [0, 0.05) is 24.5 Å². The quantitative estimate of drug-likeness (QED) is 0.417. The molecule has 170 valence electrons. The van der Waals surface area contributed by atoms with E-state index in [9.17, 15) is 17.6 Å². The highest BCUT2D eigenvalue weighted by molar-refractivity contribution is 7.87. The molecule has 0 fully saturated rings. The Kier molecular flexibility index (Phi) is 8.00. The standard InChI is InChI=1S/C23H25FN2O4S2/c1-25(2)13-14-26(23(27)16-21-4-3-15-31-21)17-18-5-9-20(10-6-18)30-32(28,29)22-11-7-19(24)8-12-22/h3-12,15H,13-14,16-17H2,1-2H3. The van der Waals surface area contributed by atoms with Crippen LogP contribution >= 0.6 is 11.3 Å². The fourth-order valence-corrected chi connectivity index (χ4v) is 4.56. The average molecular weight is 477 g/mol. The van der Waals surface area contributed by atoms with E-state index in [2.05, 4.69) is 0 Å². The minimum atomic E-state index is -4.06. The van der Waals surface area contributed by atoms with Gasteiger partial charge in [0.05, 0.1) is 6.42 Å². The molecule has 0 aliphatic heterocycles. The van der Waals surface area contributed by atoms with Crippen molar-refractivity contribution >= 4 is 27.4 Å². The van der Waals surface area contributed by atoms with Crippen molar-refractivity contribution < 1.29 is 21.8 Å². The topological polar surface area (TPSA) is 66.9 Å². The van der Waals surface area contributed by atoms with E-state index in [0.717, 1.165) is 41.3 Å². The number of carbonyl (C=O) groups excluding carboxylic acids is 1. The van der Waals surface area contributed by atoms with Crippen LogP contribution in [0, 0.1) is 5.82 Å². The van der Waals surface area contributed by atoms with Crippen LogP contribution in [0.4, 0.5) is 4.39 Å². The maximum absolute atomic E-state index is 13.0. The second-order valence-electron chi connectivity index (χ2n) is 7.51. The van der Waals surface area contributed by atoms with E-state index >= 15 is 0 Å². The van der Waals surface area contributed by atoms with Crippen LogP contribution in [0.3, 0.4) is 0 Å². The molecular formula is C23H25FN2O4S2. The fourth-order valence-electron chi connectivity index (χ4n) is 2.93. The molecule has 0 saturated carbocycles. The number of carbonyl (C=O) groups is 1. The van der Waals surface area contributed by atoms with Gasteiger partial charge in [-0.3, -0.25) is 4.79 Å². The molecule has 0 aliphatic rings. The molecule has 0 atom stereocenters. The molecule has 0 aliphatic carbocycles. The molecule has 0 saturated heterocycles. The molecule has 0 unspecified atom stereocenters. The Labute approximate surface area is 192 Å². The van der Waals surface area contributed by atoms with Crippen molar-refractivity contribution in [1.82, 2.24) is 9.80 Å². The van der Waals surface area contributed by atoms with Crippen LogP contribution in [-0.4, -0.2) is 51.3 Å². The molecule has 1 amide bonds. The Morgan fingerprint density at radius 2 is 1.69 bits per heavy atom. The maximum Gasteiger partial charge on any atom is 0.339 e. The number of hydrogen-bond donors (Lipinski definition) is 0. The number of rotatable bonds is 10. The molecule has 0 spiro atoms. The second-order valence-corrected chi connectivity index (χ2v) is 10.1. The van der Waals surface area contributed by atoms with Gasteiger partial charge in [0.2, 0.25) is 5.91 Å². The maximum atomic E-state index is 13.0. The second kappa shape index (κ2) is 10.7.